The highest BCUT2D eigenvalue weighted by molar-refractivity contribution is 5.82. The van der Waals surface area contributed by atoms with Gasteiger partial charge in [0.15, 0.2) is 0 Å². The predicted molar refractivity (Wildman–Crippen MR) is 33.2 cm³/mol. The average molecular weight is 114 g/mol. The molecule has 0 aromatic rings. The van der Waals surface area contributed by atoms with Gasteiger partial charge in [0, 0.05) is 12.8 Å². The highest BCUT2D eigenvalue weighted by Crippen LogP contribution is 1.68. The number of hydrogen-bond donors (Lipinski definition) is 1. The Labute approximate surface area is 48.8 Å². The van der Waals surface area contributed by atoms with Crippen LogP contribution in [-0.4, -0.2) is 18.8 Å². The zero-order valence-corrected chi connectivity index (χ0v) is 5.14. The Morgan fingerprint density at radius 1 is 1.88 bits per heavy atom. The molecule has 8 heavy (non-hydrogen) atoms. The summed E-state index contributed by atoms with van der Waals surface area (Å²) in [6.07, 6.45) is 1.46. The van der Waals surface area contributed by atoms with Crippen molar-refractivity contribution in [2.24, 2.45) is 4.99 Å². The van der Waals surface area contributed by atoms with Gasteiger partial charge in [0.2, 0.25) is 0 Å². The van der Waals surface area contributed by atoms with Crippen LogP contribution in [0.25, 0.3) is 0 Å². The highest BCUT2D eigenvalue weighted by atomic mass is 16.2. The van der Waals surface area contributed by atoms with Gasteiger partial charge in [0.05, 0.1) is 0 Å². The van der Waals surface area contributed by atoms with E-state index in [1.807, 2.05) is 6.92 Å². The van der Waals surface area contributed by atoms with Crippen LogP contribution < -0.4 is 5.32 Å². The summed E-state index contributed by atoms with van der Waals surface area (Å²) in [6, 6.07) is -0.269. The molecule has 0 unspecified atom stereocenters. The summed E-state index contributed by atoms with van der Waals surface area (Å²) >= 11 is 0. The van der Waals surface area contributed by atoms with Crippen molar-refractivity contribution in [1.82, 2.24) is 5.32 Å². The van der Waals surface area contributed by atoms with E-state index >= 15 is 0 Å². The molecule has 0 aromatic carbocycles. The van der Waals surface area contributed by atoms with Crippen molar-refractivity contribution in [3.63, 3.8) is 0 Å². The van der Waals surface area contributed by atoms with E-state index in [9.17, 15) is 4.79 Å². The zero-order chi connectivity index (χ0) is 6.41. The molecule has 0 aliphatic rings. The molecule has 0 rings (SSSR count). The monoisotopic (exact) mass is 114 g/mol. The number of urea groups is 1. The van der Waals surface area contributed by atoms with E-state index in [1.165, 1.54) is 6.21 Å². The minimum atomic E-state index is -0.269. The topological polar surface area (TPSA) is 41.5 Å². The van der Waals surface area contributed by atoms with Crippen LogP contribution in [0.15, 0.2) is 4.99 Å². The second-order valence-electron chi connectivity index (χ2n) is 1.22. The highest BCUT2D eigenvalue weighted by Gasteiger charge is 1.87. The Balaban J connectivity index is 3.33. The maximum Gasteiger partial charge on any atom is 0.340 e. The smallest absolute Gasteiger partial charge is 0.337 e. The van der Waals surface area contributed by atoms with E-state index in [2.05, 4.69) is 10.3 Å². The van der Waals surface area contributed by atoms with Gasteiger partial charge in [-0.3, -0.25) is 0 Å². The Hall–Kier alpha value is -0.860. The van der Waals surface area contributed by atoms with Gasteiger partial charge in [-0.2, -0.15) is 0 Å². The molecule has 0 aromatic heterocycles. The van der Waals surface area contributed by atoms with Gasteiger partial charge in [0.1, 0.15) is 0 Å². The van der Waals surface area contributed by atoms with E-state index in [1.54, 1.807) is 6.92 Å². The van der Waals surface area contributed by atoms with Crippen molar-refractivity contribution >= 4 is 12.2 Å². The first-order valence-electron chi connectivity index (χ1n) is 2.57. The second kappa shape index (κ2) is 4.30. The summed E-state index contributed by atoms with van der Waals surface area (Å²) in [5.74, 6) is 0. The number of hydrogen-bond acceptors (Lipinski definition) is 1. The number of aliphatic imine (C=N–C) groups is 1. The Morgan fingerprint density at radius 2 is 2.50 bits per heavy atom. The summed E-state index contributed by atoms with van der Waals surface area (Å²) in [7, 11) is 0. The first-order chi connectivity index (χ1) is 3.81. The fourth-order valence-corrected chi connectivity index (χ4v) is 0.314. The summed E-state index contributed by atoms with van der Waals surface area (Å²) in [5.41, 5.74) is 0. The molecule has 0 aliphatic heterocycles. The molecule has 0 aliphatic carbocycles. The van der Waals surface area contributed by atoms with Crippen molar-refractivity contribution in [3.8, 4) is 0 Å². The van der Waals surface area contributed by atoms with Gasteiger partial charge in [-0.05, 0) is 13.8 Å². The van der Waals surface area contributed by atoms with Crippen LogP contribution in [0.3, 0.4) is 0 Å². The molecule has 3 heteroatoms. The molecule has 3 nitrogen and oxygen atoms in total. The minimum absolute atomic E-state index is 0.269. The van der Waals surface area contributed by atoms with E-state index in [0.717, 1.165) is 0 Å². The molecule has 0 heterocycles. The molecule has 2 amide bonds. The van der Waals surface area contributed by atoms with Crippen LogP contribution in [-0.2, 0) is 0 Å². The average Bonchev–Trinajstić information content (AvgIpc) is 1.68. The van der Waals surface area contributed by atoms with Crippen LogP contribution in [0.4, 0.5) is 4.79 Å². The Kier molecular flexibility index (Phi) is 3.84. The van der Waals surface area contributed by atoms with Crippen molar-refractivity contribution in [1.29, 1.82) is 0 Å². The SMILES string of the molecule is C/C=N/C(=O)NCC. The van der Waals surface area contributed by atoms with Gasteiger partial charge in [-0.1, -0.05) is 0 Å². The maximum atomic E-state index is 10.3. The molecular formula is C5H10N2O. The third kappa shape index (κ3) is 3.33. The van der Waals surface area contributed by atoms with Crippen LogP contribution in [0.2, 0.25) is 0 Å². The van der Waals surface area contributed by atoms with Gasteiger partial charge in [-0.15, -0.1) is 0 Å². The summed E-state index contributed by atoms with van der Waals surface area (Å²) in [6.45, 7) is 4.19. The van der Waals surface area contributed by atoms with E-state index in [4.69, 9.17) is 0 Å². The van der Waals surface area contributed by atoms with E-state index < -0.39 is 0 Å². The van der Waals surface area contributed by atoms with Crippen LogP contribution in [0.1, 0.15) is 13.8 Å². The van der Waals surface area contributed by atoms with Gasteiger partial charge >= 0.3 is 6.03 Å². The molecule has 0 saturated heterocycles. The van der Waals surface area contributed by atoms with Crippen molar-refractivity contribution < 1.29 is 4.79 Å². The molecule has 0 fully saturated rings. The van der Waals surface area contributed by atoms with Crippen molar-refractivity contribution in [2.45, 2.75) is 13.8 Å². The van der Waals surface area contributed by atoms with Gasteiger partial charge < -0.3 is 5.32 Å². The lowest BCUT2D eigenvalue weighted by Crippen LogP contribution is -2.18. The second-order valence-corrected chi connectivity index (χ2v) is 1.22. The molecule has 0 bridgehead atoms. The number of rotatable bonds is 1. The summed E-state index contributed by atoms with van der Waals surface area (Å²) in [5, 5.41) is 2.51. The third-order valence-electron chi connectivity index (χ3n) is 0.574. The van der Waals surface area contributed by atoms with Crippen molar-refractivity contribution in [3.05, 3.63) is 0 Å². The first kappa shape index (κ1) is 7.14. The largest absolute Gasteiger partial charge is 0.340 e. The number of nitrogens with zero attached hydrogens (tertiary/aromatic N) is 1. The van der Waals surface area contributed by atoms with Crippen molar-refractivity contribution in [2.75, 3.05) is 6.54 Å². The third-order valence-corrected chi connectivity index (χ3v) is 0.574. The molecule has 0 spiro atoms. The van der Waals surface area contributed by atoms with Gasteiger partial charge in [-0.25, -0.2) is 9.79 Å². The molecule has 0 radical (unpaired) electrons. The zero-order valence-electron chi connectivity index (χ0n) is 5.14. The quantitative estimate of drug-likeness (QED) is 0.503. The van der Waals surface area contributed by atoms with Gasteiger partial charge in [0.25, 0.3) is 0 Å². The van der Waals surface area contributed by atoms with E-state index in [-0.39, 0.29) is 6.03 Å². The number of carbonyl (C=O) groups is 1. The maximum absolute atomic E-state index is 10.3. The standard InChI is InChI=1S/C5H10N2O/c1-3-6-5(8)7-4-2/h3H,4H2,1-2H3,(H,7,8)/b6-3+. The summed E-state index contributed by atoms with van der Waals surface area (Å²) < 4.78 is 0. The number of carbonyl (C=O) groups excluding carboxylic acids is 1. The number of amides is 2. The predicted octanol–water partition coefficient (Wildman–Crippen LogP) is 0.807. The van der Waals surface area contributed by atoms with E-state index in [0.29, 0.717) is 6.54 Å². The van der Waals surface area contributed by atoms with Crippen LogP contribution in [0.5, 0.6) is 0 Å². The Bertz CT molecular complexity index is 98.6. The van der Waals surface area contributed by atoms with Crippen LogP contribution in [0, 0.1) is 0 Å². The lowest BCUT2D eigenvalue weighted by Gasteiger charge is -1.90. The lowest BCUT2D eigenvalue weighted by molar-refractivity contribution is 0.250. The lowest BCUT2D eigenvalue weighted by atomic mass is 10.7. The fraction of sp³-hybridized carbons (Fsp3) is 0.600. The van der Waals surface area contributed by atoms with Crippen LogP contribution >= 0.6 is 0 Å². The fourth-order valence-electron chi connectivity index (χ4n) is 0.314. The summed E-state index contributed by atoms with van der Waals surface area (Å²) in [4.78, 5) is 13.8. The molecule has 1 N–H and O–H groups in total. The number of nitrogens with one attached hydrogen (secondary N) is 1. The normalized spacial score (nSPS) is 9.75. The Morgan fingerprint density at radius 3 is 2.88 bits per heavy atom. The molecule has 0 atom stereocenters. The molecular weight excluding hydrogens is 104 g/mol. The molecule has 0 saturated carbocycles. The molecule has 46 valence electrons. The first-order valence-corrected chi connectivity index (χ1v) is 2.57. The minimum Gasteiger partial charge on any atom is -0.337 e.